The van der Waals surface area contributed by atoms with Crippen molar-refractivity contribution in [1.82, 2.24) is 0 Å². The molecule has 2 heteroatoms. The Morgan fingerprint density at radius 3 is 2.77 bits per heavy atom. The van der Waals surface area contributed by atoms with E-state index in [1.165, 1.54) is 16.7 Å². The van der Waals surface area contributed by atoms with Crippen molar-refractivity contribution < 1.29 is 4.42 Å². The maximum absolute atomic E-state index is 6.06. The van der Waals surface area contributed by atoms with Crippen molar-refractivity contribution in [2.75, 3.05) is 5.73 Å². The smallest absolute Gasteiger partial charge is 0.135 e. The van der Waals surface area contributed by atoms with E-state index in [9.17, 15) is 0 Å². The first kappa shape index (κ1) is 13.2. The van der Waals surface area contributed by atoms with Gasteiger partial charge in [-0.1, -0.05) is 48.9 Å². The summed E-state index contributed by atoms with van der Waals surface area (Å²) in [5.74, 6) is 1.50. The van der Waals surface area contributed by atoms with Crippen LogP contribution in [-0.4, -0.2) is 0 Å². The van der Waals surface area contributed by atoms with Crippen LogP contribution in [0.3, 0.4) is 0 Å². The van der Waals surface area contributed by atoms with E-state index in [0.717, 1.165) is 35.3 Å². The van der Waals surface area contributed by atoms with Gasteiger partial charge in [0.1, 0.15) is 11.3 Å². The van der Waals surface area contributed by atoms with Gasteiger partial charge in [0.05, 0.1) is 0 Å². The first-order valence-corrected chi connectivity index (χ1v) is 7.76. The molecule has 22 heavy (non-hydrogen) atoms. The van der Waals surface area contributed by atoms with Crippen molar-refractivity contribution in [3.05, 3.63) is 71.0 Å². The number of allylic oxidation sites excluding steroid dienone is 1. The maximum Gasteiger partial charge on any atom is 0.135 e. The predicted octanol–water partition coefficient (Wildman–Crippen LogP) is 5.15. The van der Waals surface area contributed by atoms with Crippen LogP contribution in [0.15, 0.2) is 58.5 Å². The van der Waals surface area contributed by atoms with E-state index in [1.54, 1.807) is 0 Å². The monoisotopic (exact) mass is 289 g/mol. The third kappa shape index (κ3) is 2.21. The van der Waals surface area contributed by atoms with Gasteiger partial charge < -0.3 is 10.2 Å². The molecule has 0 radical (unpaired) electrons. The second-order valence-electron chi connectivity index (χ2n) is 6.21. The number of furan rings is 1. The minimum atomic E-state index is 0.410. The number of hydrogen-bond acceptors (Lipinski definition) is 2. The summed E-state index contributed by atoms with van der Waals surface area (Å²) in [6, 6.07) is 16.5. The van der Waals surface area contributed by atoms with Crippen LogP contribution in [0.25, 0.3) is 17.0 Å². The zero-order chi connectivity index (χ0) is 15.1. The highest BCUT2D eigenvalue weighted by atomic mass is 16.3. The van der Waals surface area contributed by atoms with Gasteiger partial charge in [0.25, 0.3) is 0 Å². The summed E-state index contributed by atoms with van der Waals surface area (Å²) >= 11 is 0. The molecular weight excluding hydrogens is 270 g/mol. The zero-order valence-corrected chi connectivity index (χ0v) is 12.7. The summed E-state index contributed by atoms with van der Waals surface area (Å²) in [6.45, 7) is 2.24. The summed E-state index contributed by atoms with van der Waals surface area (Å²) in [4.78, 5) is 0. The highest BCUT2D eigenvalue weighted by Crippen LogP contribution is 2.40. The van der Waals surface area contributed by atoms with Crippen LogP contribution >= 0.6 is 0 Å². The fraction of sp³-hybridized carbons (Fsp3) is 0.200. The first-order valence-electron chi connectivity index (χ1n) is 7.76. The van der Waals surface area contributed by atoms with Gasteiger partial charge >= 0.3 is 0 Å². The lowest BCUT2D eigenvalue weighted by Gasteiger charge is -2.19. The van der Waals surface area contributed by atoms with Crippen molar-refractivity contribution in [2.24, 2.45) is 0 Å². The van der Waals surface area contributed by atoms with Crippen molar-refractivity contribution in [2.45, 2.75) is 25.7 Å². The predicted molar refractivity (Wildman–Crippen MR) is 91.8 cm³/mol. The van der Waals surface area contributed by atoms with E-state index in [2.05, 4.69) is 43.3 Å². The third-order valence-electron chi connectivity index (χ3n) is 4.42. The number of nitrogens with two attached hydrogens (primary N) is 1. The van der Waals surface area contributed by atoms with E-state index in [0.29, 0.717) is 5.92 Å². The van der Waals surface area contributed by atoms with Gasteiger partial charge in [0, 0.05) is 22.6 Å². The Labute approximate surface area is 130 Å². The van der Waals surface area contributed by atoms with E-state index < -0.39 is 0 Å². The molecule has 0 bridgehead atoms. The van der Waals surface area contributed by atoms with Crippen LogP contribution in [0.5, 0.6) is 0 Å². The average Bonchev–Trinajstić information content (AvgIpc) is 2.87. The summed E-state index contributed by atoms with van der Waals surface area (Å²) in [5, 5.41) is 1.13. The lowest BCUT2D eigenvalue weighted by molar-refractivity contribution is 0.497. The zero-order valence-electron chi connectivity index (χ0n) is 12.7. The molecule has 4 rings (SSSR count). The topological polar surface area (TPSA) is 39.2 Å². The lowest BCUT2D eigenvalue weighted by atomic mass is 9.86. The minimum absolute atomic E-state index is 0.410. The maximum atomic E-state index is 6.06. The molecule has 1 unspecified atom stereocenters. The van der Waals surface area contributed by atoms with E-state index in [4.69, 9.17) is 10.2 Å². The number of nitrogen functional groups attached to an aromatic ring is 1. The number of hydrogen-bond donors (Lipinski definition) is 1. The van der Waals surface area contributed by atoms with Crippen molar-refractivity contribution in [3.63, 3.8) is 0 Å². The normalized spacial score (nSPS) is 17.3. The molecule has 0 fully saturated rings. The molecule has 1 atom stereocenters. The molecule has 110 valence electrons. The molecule has 0 amide bonds. The SMILES string of the molecule is CC1CC(Cc2ccccc2)=Cc2c1oc1ccc(N)cc21. The Morgan fingerprint density at radius 1 is 1.14 bits per heavy atom. The van der Waals surface area contributed by atoms with E-state index >= 15 is 0 Å². The number of benzene rings is 2. The molecule has 1 aliphatic rings. The molecule has 2 aromatic carbocycles. The molecule has 1 aliphatic carbocycles. The number of fused-ring (bicyclic) bond motifs is 3. The van der Waals surface area contributed by atoms with Crippen molar-refractivity contribution >= 4 is 22.7 Å². The van der Waals surface area contributed by atoms with Crippen LogP contribution in [-0.2, 0) is 6.42 Å². The fourth-order valence-corrected chi connectivity index (χ4v) is 3.40. The largest absolute Gasteiger partial charge is 0.460 e. The van der Waals surface area contributed by atoms with Crippen LogP contribution in [0, 0.1) is 0 Å². The second-order valence-corrected chi connectivity index (χ2v) is 6.21. The second kappa shape index (κ2) is 5.06. The average molecular weight is 289 g/mol. The van der Waals surface area contributed by atoms with Gasteiger partial charge in [-0.2, -0.15) is 0 Å². The van der Waals surface area contributed by atoms with Crippen molar-refractivity contribution in [3.8, 4) is 0 Å². The summed E-state index contributed by atoms with van der Waals surface area (Å²) in [5.41, 5.74) is 11.7. The van der Waals surface area contributed by atoms with Crippen molar-refractivity contribution in [1.29, 1.82) is 0 Å². The van der Waals surface area contributed by atoms with Crippen LogP contribution in [0.2, 0.25) is 0 Å². The Hall–Kier alpha value is -2.48. The number of anilines is 1. The molecule has 3 aromatic rings. The van der Waals surface area contributed by atoms with Crippen LogP contribution < -0.4 is 5.73 Å². The fourth-order valence-electron chi connectivity index (χ4n) is 3.40. The van der Waals surface area contributed by atoms with E-state index in [-0.39, 0.29) is 0 Å². The molecule has 1 aromatic heterocycles. The van der Waals surface area contributed by atoms with E-state index in [1.807, 2.05) is 18.2 Å². The molecule has 0 saturated heterocycles. The molecule has 0 saturated carbocycles. The Kier molecular flexibility index (Phi) is 3.04. The molecule has 2 nitrogen and oxygen atoms in total. The molecular formula is C20H19NO. The van der Waals surface area contributed by atoms with Gasteiger partial charge in [0.2, 0.25) is 0 Å². The van der Waals surface area contributed by atoms with Gasteiger partial charge in [-0.05, 0) is 36.6 Å². The lowest BCUT2D eigenvalue weighted by Crippen LogP contribution is -2.04. The third-order valence-corrected chi connectivity index (χ3v) is 4.42. The Morgan fingerprint density at radius 2 is 1.95 bits per heavy atom. The van der Waals surface area contributed by atoms with Crippen LogP contribution in [0.4, 0.5) is 5.69 Å². The number of rotatable bonds is 2. The molecule has 2 N–H and O–H groups in total. The molecule has 0 spiro atoms. The Balaban J connectivity index is 1.80. The van der Waals surface area contributed by atoms with Gasteiger partial charge in [0.15, 0.2) is 0 Å². The highest BCUT2D eigenvalue weighted by Gasteiger charge is 2.24. The molecule has 0 aliphatic heterocycles. The summed E-state index contributed by atoms with van der Waals surface area (Å²) < 4.78 is 6.06. The Bertz CT molecular complexity index is 858. The standard InChI is InChI=1S/C20H19NO/c1-13-9-15(10-14-5-3-2-4-6-14)11-18-17-12-16(21)7-8-19(17)22-20(13)18/h2-8,11-13H,9-10,21H2,1H3. The molecule has 1 heterocycles. The summed E-state index contributed by atoms with van der Waals surface area (Å²) in [6.07, 6.45) is 4.35. The summed E-state index contributed by atoms with van der Waals surface area (Å²) in [7, 11) is 0. The van der Waals surface area contributed by atoms with Gasteiger partial charge in [-0.25, -0.2) is 0 Å². The highest BCUT2D eigenvalue weighted by molar-refractivity contribution is 5.92. The first-order chi connectivity index (χ1) is 10.7. The van der Waals surface area contributed by atoms with Gasteiger partial charge in [-0.15, -0.1) is 0 Å². The quantitative estimate of drug-likeness (QED) is 0.663. The van der Waals surface area contributed by atoms with Gasteiger partial charge in [-0.3, -0.25) is 0 Å². The van der Waals surface area contributed by atoms with Crippen LogP contribution in [0.1, 0.15) is 36.1 Å². The minimum Gasteiger partial charge on any atom is -0.460 e.